The maximum Gasteiger partial charge on any atom is 0.321 e. The number of thioether (sulfide) groups is 1. The van der Waals surface area contributed by atoms with Gasteiger partial charge in [-0.2, -0.15) is 0 Å². The zero-order chi connectivity index (χ0) is 19.3. The quantitative estimate of drug-likeness (QED) is 0.275. The summed E-state index contributed by atoms with van der Waals surface area (Å²) in [5.41, 5.74) is 0.794. The van der Waals surface area contributed by atoms with E-state index in [0.29, 0.717) is 11.5 Å². The molecule has 6 atom stereocenters. The van der Waals surface area contributed by atoms with Crippen molar-refractivity contribution in [2.45, 2.75) is 35.8 Å². The first-order chi connectivity index (χ1) is 12.3. The van der Waals surface area contributed by atoms with Crippen LogP contribution in [-0.4, -0.2) is 80.6 Å². The van der Waals surface area contributed by atoms with E-state index >= 15 is 0 Å². The number of aliphatic carboxylic acids is 1. The third-order valence-corrected chi connectivity index (χ3v) is 5.16. The van der Waals surface area contributed by atoms with Crippen LogP contribution in [0.15, 0.2) is 24.3 Å². The third-order valence-electron chi connectivity index (χ3n) is 3.90. The number of carboxylic acids is 1. The Balaban J connectivity index is 1.92. The summed E-state index contributed by atoms with van der Waals surface area (Å²) in [6.45, 7) is -0.379. The van der Waals surface area contributed by atoms with Crippen molar-refractivity contribution in [3.8, 4) is 5.75 Å². The summed E-state index contributed by atoms with van der Waals surface area (Å²) in [5, 5.41) is 50.0. The van der Waals surface area contributed by atoms with Crippen LogP contribution in [-0.2, 0) is 9.59 Å². The maximum atomic E-state index is 11.0. The maximum absolute atomic E-state index is 11.0. The van der Waals surface area contributed by atoms with Gasteiger partial charge in [0.25, 0.3) is 0 Å². The lowest BCUT2D eigenvalue weighted by Gasteiger charge is -2.24. The van der Waals surface area contributed by atoms with Gasteiger partial charge >= 0.3 is 5.97 Å². The molecule has 1 heterocycles. The number of aliphatic hydroxyl groups excluding tert-OH is 4. The Morgan fingerprint density at radius 2 is 2.04 bits per heavy atom. The van der Waals surface area contributed by atoms with Crippen molar-refractivity contribution in [2.24, 2.45) is 0 Å². The number of carboxylic acid groups (broad SMARTS) is 1. The Labute approximate surface area is 153 Å². The number of aliphatic hydroxyl groups is 4. The molecule has 0 spiro atoms. The van der Waals surface area contributed by atoms with Crippen molar-refractivity contribution in [2.75, 3.05) is 12.4 Å². The monoisotopic (exact) mass is 387 g/mol. The molecule has 144 valence electrons. The first kappa shape index (κ1) is 20.6. The summed E-state index contributed by atoms with van der Waals surface area (Å²) in [4.78, 5) is 21.4. The number of nitrogens with one attached hydrogen (secondary N) is 1. The number of aldehydes is 1. The number of benzene rings is 1. The SMILES string of the molecule is O=CC(O)C(O)C(O)C(O)COc1cccc(C2NC(C(=O)O)CS2)c1. The number of rotatable bonds is 9. The van der Waals surface area contributed by atoms with Crippen LogP contribution in [0, 0.1) is 0 Å². The van der Waals surface area contributed by atoms with Gasteiger partial charge in [0.15, 0.2) is 6.29 Å². The molecule has 1 aliphatic rings. The van der Waals surface area contributed by atoms with Crippen LogP contribution in [0.3, 0.4) is 0 Å². The highest BCUT2D eigenvalue weighted by atomic mass is 32.2. The second-order valence-corrected chi connectivity index (χ2v) is 6.97. The van der Waals surface area contributed by atoms with Gasteiger partial charge in [0.05, 0.1) is 5.37 Å². The van der Waals surface area contributed by atoms with Gasteiger partial charge in [-0.3, -0.25) is 10.1 Å². The minimum absolute atomic E-state index is 0.0571. The van der Waals surface area contributed by atoms with Crippen LogP contribution >= 0.6 is 11.8 Å². The second kappa shape index (κ2) is 9.31. The summed E-state index contributed by atoms with van der Waals surface area (Å²) >= 11 is 1.45. The highest BCUT2D eigenvalue weighted by molar-refractivity contribution is 7.99. The first-order valence-corrected chi connectivity index (χ1v) is 8.89. The van der Waals surface area contributed by atoms with Crippen LogP contribution in [0.25, 0.3) is 0 Å². The normalized spacial score (nSPS) is 24.5. The van der Waals surface area contributed by atoms with E-state index in [2.05, 4.69) is 5.32 Å². The Kier molecular flexibility index (Phi) is 7.38. The van der Waals surface area contributed by atoms with Gasteiger partial charge in [0.2, 0.25) is 0 Å². The van der Waals surface area contributed by atoms with Crippen molar-refractivity contribution in [1.29, 1.82) is 0 Å². The van der Waals surface area contributed by atoms with Crippen molar-refractivity contribution in [1.82, 2.24) is 5.32 Å². The fraction of sp³-hybridized carbons (Fsp3) is 0.500. The molecule has 2 rings (SSSR count). The van der Waals surface area contributed by atoms with E-state index in [9.17, 15) is 24.9 Å². The fourth-order valence-electron chi connectivity index (χ4n) is 2.36. The van der Waals surface area contributed by atoms with Crippen LogP contribution in [0.1, 0.15) is 10.9 Å². The van der Waals surface area contributed by atoms with Gasteiger partial charge < -0.3 is 35.1 Å². The van der Waals surface area contributed by atoms with Gasteiger partial charge in [0, 0.05) is 5.75 Å². The lowest BCUT2D eigenvalue weighted by molar-refractivity contribution is -0.138. The molecule has 1 aromatic rings. The van der Waals surface area contributed by atoms with Gasteiger partial charge in [-0.15, -0.1) is 11.8 Å². The molecule has 0 radical (unpaired) electrons. The molecular formula is C16H21NO8S. The largest absolute Gasteiger partial charge is 0.491 e. The fourth-order valence-corrected chi connectivity index (χ4v) is 3.59. The average Bonchev–Trinajstić information content (AvgIpc) is 3.15. The molecule has 0 bridgehead atoms. The Morgan fingerprint density at radius 3 is 2.65 bits per heavy atom. The molecule has 10 heteroatoms. The number of carbonyl (C=O) groups is 2. The molecule has 0 saturated carbocycles. The molecule has 1 saturated heterocycles. The summed E-state index contributed by atoms with van der Waals surface area (Å²) in [6, 6.07) is 6.17. The van der Waals surface area contributed by atoms with E-state index in [-0.39, 0.29) is 18.3 Å². The lowest BCUT2D eigenvalue weighted by Crippen LogP contribution is -2.47. The Hall–Kier alpha value is -1.69. The van der Waals surface area contributed by atoms with Crippen molar-refractivity contribution in [3.63, 3.8) is 0 Å². The van der Waals surface area contributed by atoms with Crippen LogP contribution in [0.2, 0.25) is 0 Å². The molecule has 1 aromatic carbocycles. The molecule has 26 heavy (non-hydrogen) atoms. The zero-order valence-electron chi connectivity index (χ0n) is 13.6. The number of hydrogen-bond acceptors (Lipinski definition) is 9. The van der Waals surface area contributed by atoms with E-state index in [1.54, 1.807) is 24.3 Å². The predicted molar refractivity (Wildman–Crippen MR) is 91.8 cm³/mol. The molecule has 1 aliphatic heterocycles. The summed E-state index contributed by atoms with van der Waals surface area (Å²) < 4.78 is 5.38. The van der Waals surface area contributed by atoms with Crippen molar-refractivity contribution in [3.05, 3.63) is 29.8 Å². The topological polar surface area (TPSA) is 157 Å². The molecular weight excluding hydrogens is 366 g/mol. The van der Waals surface area contributed by atoms with Gasteiger partial charge in [-0.25, -0.2) is 0 Å². The molecule has 1 fully saturated rings. The molecule has 0 aromatic heterocycles. The minimum atomic E-state index is -1.83. The second-order valence-electron chi connectivity index (χ2n) is 5.83. The smallest absolute Gasteiger partial charge is 0.321 e. The standard InChI is InChI=1S/C16H21NO8S/c18-5-11(19)13(21)14(22)12(20)6-25-9-3-1-2-8(4-9)15-17-10(7-26-15)16(23)24/h1-5,10-15,17,19-22H,6-7H2,(H,23,24). The predicted octanol–water partition coefficient (Wildman–Crippen LogP) is -1.50. The van der Waals surface area contributed by atoms with E-state index in [4.69, 9.17) is 14.9 Å². The zero-order valence-corrected chi connectivity index (χ0v) is 14.5. The average molecular weight is 387 g/mol. The van der Waals surface area contributed by atoms with Crippen molar-refractivity contribution >= 4 is 24.0 Å². The van der Waals surface area contributed by atoms with Crippen LogP contribution < -0.4 is 10.1 Å². The minimum Gasteiger partial charge on any atom is -0.491 e. The molecule has 9 nitrogen and oxygen atoms in total. The van der Waals surface area contributed by atoms with Crippen LogP contribution in [0.4, 0.5) is 0 Å². The number of ether oxygens (including phenoxy) is 1. The summed E-state index contributed by atoms with van der Waals surface area (Å²) in [7, 11) is 0. The van der Waals surface area contributed by atoms with E-state index in [0.717, 1.165) is 5.56 Å². The molecule has 0 amide bonds. The number of hydrogen-bond donors (Lipinski definition) is 6. The first-order valence-electron chi connectivity index (χ1n) is 7.84. The summed E-state index contributed by atoms with van der Waals surface area (Å²) in [6.07, 6.45) is -6.87. The molecule has 6 unspecified atom stereocenters. The number of carbonyl (C=O) groups excluding carboxylic acids is 1. The molecule has 0 aliphatic carbocycles. The third kappa shape index (κ3) is 5.16. The van der Waals surface area contributed by atoms with E-state index in [1.165, 1.54) is 11.8 Å². The van der Waals surface area contributed by atoms with E-state index in [1.807, 2.05) is 0 Å². The lowest BCUT2D eigenvalue weighted by atomic mass is 10.0. The van der Waals surface area contributed by atoms with Crippen molar-refractivity contribution < 1.29 is 39.9 Å². The summed E-state index contributed by atoms with van der Waals surface area (Å²) in [5.74, 6) is -0.103. The van der Waals surface area contributed by atoms with Gasteiger partial charge in [-0.1, -0.05) is 12.1 Å². The van der Waals surface area contributed by atoms with Gasteiger partial charge in [-0.05, 0) is 17.7 Å². The Morgan fingerprint density at radius 1 is 1.31 bits per heavy atom. The highest BCUT2D eigenvalue weighted by Gasteiger charge is 2.31. The van der Waals surface area contributed by atoms with E-state index < -0.39 is 36.4 Å². The van der Waals surface area contributed by atoms with Crippen LogP contribution in [0.5, 0.6) is 5.75 Å². The van der Waals surface area contributed by atoms with Gasteiger partial charge in [0.1, 0.15) is 42.8 Å². The highest BCUT2D eigenvalue weighted by Crippen LogP contribution is 2.34. The molecule has 6 N–H and O–H groups in total. The Bertz CT molecular complexity index is 630.